The largest absolute Gasteiger partial charge is 0.464 e. The standard InChI is InChI=1S/C10H12N4O2/c1-3-4-11-7-14-9-8(10(15)16-2)12-5-6-13-9/h5-6H,3-4H2,1-2H3. The van der Waals surface area contributed by atoms with Crippen LogP contribution in [0.25, 0.3) is 0 Å². The van der Waals surface area contributed by atoms with Crippen molar-refractivity contribution in [2.75, 3.05) is 13.7 Å². The summed E-state index contributed by atoms with van der Waals surface area (Å²) < 4.78 is 4.54. The Morgan fingerprint density at radius 3 is 2.94 bits per heavy atom. The van der Waals surface area contributed by atoms with E-state index in [9.17, 15) is 4.79 Å². The Kier molecular flexibility index (Phi) is 4.82. The average molecular weight is 220 g/mol. The van der Waals surface area contributed by atoms with Crippen LogP contribution in [0.1, 0.15) is 23.8 Å². The van der Waals surface area contributed by atoms with Crippen molar-refractivity contribution < 1.29 is 9.53 Å². The summed E-state index contributed by atoms with van der Waals surface area (Å²) in [4.78, 5) is 26.7. The van der Waals surface area contributed by atoms with Gasteiger partial charge in [-0.25, -0.2) is 19.8 Å². The molecule has 6 heteroatoms. The molecule has 0 aromatic carbocycles. The van der Waals surface area contributed by atoms with E-state index >= 15 is 0 Å². The van der Waals surface area contributed by atoms with Gasteiger partial charge in [-0.3, -0.25) is 0 Å². The zero-order valence-corrected chi connectivity index (χ0v) is 9.17. The maximum absolute atomic E-state index is 11.3. The fourth-order valence-electron chi connectivity index (χ4n) is 0.898. The Balaban J connectivity index is 2.95. The molecule has 0 spiro atoms. The van der Waals surface area contributed by atoms with Crippen molar-refractivity contribution in [1.82, 2.24) is 9.97 Å². The summed E-state index contributed by atoms with van der Waals surface area (Å²) >= 11 is 0. The molecule has 0 aliphatic rings. The number of carbonyl (C=O) groups excluding carboxylic acids is 1. The summed E-state index contributed by atoms with van der Waals surface area (Å²) in [5.41, 5.74) is 0.0594. The van der Waals surface area contributed by atoms with Crippen molar-refractivity contribution in [2.45, 2.75) is 13.3 Å². The van der Waals surface area contributed by atoms with Gasteiger partial charge in [-0.15, -0.1) is 0 Å². The Labute approximate surface area is 93.1 Å². The molecule has 0 saturated carbocycles. The zero-order valence-electron chi connectivity index (χ0n) is 9.17. The maximum atomic E-state index is 11.3. The van der Waals surface area contributed by atoms with Crippen molar-refractivity contribution in [2.24, 2.45) is 9.98 Å². The smallest absolute Gasteiger partial charge is 0.360 e. The molecule has 0 bridgehead atoms. The van der Waals surface area contributed by atoms with Crippen molar-refractivity contribution in [3.8, 4) is 0 Å². The molecule has 0 N–H and O–H groups in total. The molecule has 16 heavy (non-hydrogen) atoms. The number of hydrogen-bond donors (Lipinski definition) is 0. The number of nitrogens with zero attached hydrogens (tertiary/aromatic N) is 4. The van der Waals surface area contributed by atoms with Crippen molar-refractivity contribution >= 4 is 17.8 Å². The maximum Gasteiger partial charge on any atom is 0.360 e. The molecule has 1 rings (SSSR count). The van der Waals surface area contributed by atoms with E-state index in [-0.39, 0.29) is 11.5 Å². The van der Waals surface area contributed by atoms with Gasteiger partial charge in [0, 0.05) is 18.9 Å². The Morgan fingerprint density at radius 2 is 2.25 bits per heavy atom. The third-order valence-electron chi connectivity index (χ3n) is 1.62. The first-order chi connectivity index (χ1) is 7.79. The number of carbonyl (C=O) groups is 1. The first kappa shape index (κ1) is 12.0. The third-order valence-corrected chi connectivity index (χ3v) is 1.62. The Morgan fingerprint density at radius 1 is 1.50 bits per heavy atom. The average Bonchev–Trinajstić information content (AvgIpc) is 2.34. The minimum atomic E-state index is -0.579. The van der Waals surface area contributed by atoms with Crippen molar-refractivity contribution in [3.63, 3.8) is 0 Å². The van der Waals surface area contributed by atoms with Crippen LogP contribution in [-0.2, 0) is 4.74 Å². The molecular weight excluding hydrogens is 208 g/mol. The highest BCUT2D eigenvalue weighted by atomic mass is 16.5. The van der Waals surface area contributed by atoms with E-state index in [4.69, 9.17) is 0 Å². The zero-order chi connectivity index (χ0) is 11.8. The lowest BCUT2D eigenvalue weighted by Crippen LogP contribution is -2.05. The van der Waals surface area contributed by atoms with Crippen LogP contribution < -0.4 is 0 Å². The number of ether oxygens (including phenoxy) is 1. The van der Waals surface area contributed by atoms with Gasteiger partial charge in [-0.1, -0.05) is 6.92 Å². The molecule has 0 radical (unpaired) electrons. The van der Waals surface area contributed by atoms with Gasteiger partial charge in [-0.2, -0.15) is 4.99 Å². The van der Waals surface area contributed by atoms with E-state index < -0.39 is 5.97 Å². The van der Waals surface area contributed by atoms with Crippen LogP contribution in [0, 0.1) is 0 Å². The normalized spacial score (nSPS) is 9.12. The van der Waals surface area contributed by atoms with Crippen LogP contribution in [0.5, 0.6) is 0 Å². The fourth-order valence-corrected chi connectivity index (χ4v) is 0.898. The lowest BCUT2D eigenvalue weighted by Gasteiger charge is -1.98. The van der Waals surface area contributed by atoms with Crippen molar-refractivity contribution in [1.29, 1.82) is 0 Å². The summed E-state index contributed by atoms with van der Waals surface area (Å²) in [5.74, 6) is -0.418. The molecular formula is C10H12N4O2. The first-order valence-corrected chi connectivity index (χ1v) is 4.81. The lowest BCUT2D eigenvalue weighted by atomic mass is 10.4. The minimum Gasteiger partial charge on any atom is -0.464 e. The van der Waals surface area contributed by atoms with E-state index in [0.29, 0.717) is 6.54 Å². The van der Waals surface area contributed by atoms with Gasteiger partial charge in [0.1, 0.15) is 0 Å². The summed E-state index contributed by atoms with van der Waals surface area (Å²) in [6.07, 6.45) is 3.74. The topological polar surface area (TPSA) is 76.8 Å². The number of hydrogen-bond acceptors (Lipinski definition) is 6. The number of methoxy groups -OCH3 is 1. The summed E-state index contributed by atoms with van der Waals surface area (Å²) in [5, 5.41) is 0. The van der Waals surface area contributed by atoms with Crippen LogP contribution in [0.4, 0.5) is 5.82 Å². The van der Waals surface area contributed by atoms with Crippen LogP contribution in [0.2, 0.25) is 0 Å². The highest BCUT2D eigenvalue weighted by Crippen LogP contribution is 2.11. The van der Waals surface area contributed by atoms with Gasteiger partial charge in [0.15, 0.2) is 11.5 Å². The molecule has 0 fully saturated rings. The van der Waals surface area contributed by atoms with Crippen LogP contribution in [-0.4, -0.2) is 35.6 Å². The van der Waals surface area contributed by atoms with Crippen LogP contribution in [0.3, 0.4) is 0 Å². The van der Waals surface area contributed by atoms with Crippen LogP contribution in [0.15, 0.2) is 22.4 Å². The number of esters is 1. The summed E-state index contributed by atoms with van der Waals surface area (Å²) in [6.45, 7) is 2.63. The van der Waals surface area contributed by atoms with Gasteiger partial charge >= 0.3 is 5.97 Å². The Hall–Kier alpha value is -2.07. The molecule has 0 saturated heterocycles. The van der Waals surface area contributed by atoms with E-state index in [1.54, 1.807) is 0 Å². The molecule has 84 valence electrons. The lowest BCUT2D eigenvalue weighted by molar-refractivity contribution is 0.0594. The second-order valence-corrected chi connectivity index (χ2v) is 2.81. The van der Waals surface area contributed by atoms with Gasteiger partial charge in [0.05, 0.1) is 13.1 Å². The van der Waals surface area contributed by atoms with Crippen molar-refractivity contribution in [3.05, 3.63) is 18.1 Å². The van der Waals surface area contributed by atoms with Gasteiger partial charge < -0.3 is 4.74 Å². The SMILES string of the molecule is CCCN=C=Nc1nccnc1C(=O)OC. The molecule has 0 unspecified atom stereocenters. The fraction of sp³-hybridized carbons (Fsp3) is 0.400. The van der Waals surface area contributed by atoms with Gasteiger partial charge in [-0.05, 0) is 6.42 Å². The first-order valence-electron chi connectivity index (χ1n) is 4.81. The molecule has 0 amide bonds. The minimum absolute atomic E-state index is 0.0594. The number of aliphatic imine (C=N–C) groups is 2. The van der Waals surface area contributed by atoms with Crippen LogP contribution >= 0.6 is 0 Å². The van der Waals surface area contributed by atoms with E-state index in [1.807, 2.05) is 6.92 Å². The predicted molar refractivity (Wildman–Crippen MR) is 58.1 cm³/mol. The molecule has 1 heterocycles. The third kappa shape index (κ3) is 3.25. The van der Waals surface area contributed by atoms with E-state index in [2.05, 4.69) is 30.7 Å². The summed E-state index contributed by atoms with van der Waals surface area (Å²) in [6, 6.07) is 2.46. The van der Waals surface area contributed by atoms with E-state index in [1.165, 1.54) is 19.5 Å². The highest BCUT2D eigenvalue weighted by molar-refractivity contribution is 5.91. The number of rotatable bonds is 4. The van der Waals surface area contributed by atoms with Gasteiger partial charge in [0.2, 0.25) is 0 Å². The molecule has 1 aromatic heterocycles. The second-order valence-electron chi connectivity index (χ2n) is 2.81. The number of aromatic nitrogens is 2. The molecule has 6 nitrogen and oxygen atoms in total. The second kappa shape index (κ2) is 6.42. The monoisotopic (exact) mass is 220 g/mol. The van der Waals surface area contributed by atoms with Gasteiger partial charge in [0.25, 0.3) is 0 Å². The molecule has 1 aromatic rings. The molecule has 0 aliphatic carbocycles. The molecule has 0 atom stereocenters. The highest BCUT2D eigenvalue weighted by Gasteiger charge is 2.13. The summed E-state index contributed by atoms with van der Waals surface area (Å²) in [7, 11) is 1.27. The Bertz CT molecular complexity index is 425. The van der Waals surface area contributed by atoms with E-state index in [0.717, 1.165) is 6.42 Å². The predicted octanol–water partition coefficient (Wildman–Crippen LogP) is 1.48. The molecule has 0 aliphatic heterocycles. The quantitative estimate of drug-likeness (QED) is 0.568.